The third-order valence-electron chi connectivity index (χ3n) is 3.83. The molecule has 0 heterocycles. The number of allylic oxidation sites excluding steroid dienone is 1. The molecule has 0 radical (unpaired) electrons. The van der Waals surface area contributed by atoms with Gasteiger partial charge in [-0.1, -0.05) is 13.0 Å². The van der Waals surface area contributed by atoms with Crippen LogP contribution in [0.25, 0.3) is 0 Å². The van der Waals surface area contributed by atoms with Crippen molar-refractivity contribution in [3.05, 3.63) is 41.7 Å². The first-order valence-electron chi connectivity index (χ1n) is 7.49. The van der Waals surface area contributed by atoms with E-state index in [1.807, 2.05) is 0 Å². The number of carbonyl (C=O) groups is 1. The fourth-order valence-electron chi connectivity index (χ4n) is 2.48. The van der Waals surface area contributed by atoms with Gasteiger partial charge in [0.1, 0.15) is 6.10 Å². The van der Waals surface area contributed by atoms with Crippen LogP contribution in [0.5, 0.6) is 5.75 Å². The normalized spacial score (nSPS) is 21.8. The number of ether oxygens (including phenoxy) is 2. The molecule has 3 nitrogen and oxygen atoms in total. The zero-order valence-electron chi connectivity index (χ0n) is 12.8. The number of carbonyl (C=O) groups excluding carboxylic acids is 1. The molecule has 1 aliphatic carbocycles. The molecular weight excluding hydrogens is 290 g/mol. The van der Waals surface area contributed by atoms with E-state index >= 15 is 0 Å². The molecule has 0 bridgehead atoms. The zero-order valence-corrected chi connectivity index (χ0v) is 12.8. The molecule has 22 heavy (non-hydrogen) atoms. The van der Waals surface area contributed by atoms with Gasteiger partial charge >= 0.3 is 5.97 Å². The van der Waals surface area contributed by atoms with Crippen LogP contribution in [0, 0.1) is 17.6 Å². The van der Waals surface area contributed by atoms with E-state index in [4.69, 9.17) is 9.47 Å². The Balaban J connectivity index is 2.08. The minimum Gasteiger partial charge on any atom is -0.462 e. The first-order chi connectivity index (χ1) is 10.5. The highest BCUT2D eigenvalue weighted by molar-refractivity contribution is 5.90. The van der Waals surface area contributed by atoms with Crippen LogP contribution in [0.1, 0.15) is 49.9 Å². The van der Waals surface area contributed by atoms with Crippen molar-refractivity contribution in [2.24, 2.45) is 5.92 Å². The van der Waals surface area contributed by atoms with Crippen LogP contribution >= 0.6 is 0 Å². The number of hydrogen-bond acceptors (Lipinski definition) is 3. The lowest BCUT2D eigenvalue weighted by Gasteiger charge is -2.26. The number of esters is 1. The molecule has 1 aliphatic rings. The number of halogens is 2. The van der Waals surface area contributed by atoms with Crippen molar-refractivity contribution < 1.29 is 23.0 Å². The molecule has 1 aromatic rings. The van der Waals surface area contributed by atoms with E-state index in [-0.39, 0.29) is 11.9 Å². The van der Waals surface area contributed by atoms with Gasteiger partial charge in [0, 0.05) is 0 Å². The van der Waals surface area contributed by atoms with Gasteiger partial charge < -0.3 is 9.47 Å². The van der Waals surface area contributed by atoms with Crippen molar-refractivity contribution in [1.29, 1.82) is 0 Å². The maximum absolute atomic E-state index is 14.0. The summed E-state index contributed by atoms with van der Waals surface area (Å²) in [6.45, 7) is 3.83. The van der Waals surface area contributed by atoms with Gasteiger partial charge in [-0.25, -0.2) is 9.18 Å². The molecule has 120 valence electrons. The molecule has 1 saturated carbocycles. The van der Waals surface area contributed by atoms with Gasteiger partial charge in [0.15, 0.2) is 11.6 Å². The molecule has 0 spiro atoms. The average molecular weight is 310 g/mol. The summed E-state index contributed by atoms with van der Waals surface area (Å²) >= 11 is 0. The molecule has 0 unspecified atom stereocenters. The smallest absolute Gasteiger partial charge is 0.341 e. The first kappa shape index (κ1) is 16.5. The Morgan fingerprint density at radius 1 is 1.18 bits per heavy atom. The van der Waals surface area contributed by atoms with Crippen LogP contribution in [0.15, 0.2) is 24.5 Å². The molecule has 1 aromatic carbocycles. The van der Waals surface area contributed by atoms with Crippen LogP contribution in [-0.4, -0.2) is 12.1 Å². The number of hydrogen-bond donors (Lipinski definition) is 0. The van der Waals surface area contributed by atoms with E-state index < -0.39 is 23.2 Å². The fourth-order valence-corrected chi connectivity index (χ4v) is 2.48. The second-order valence-corrected chi connectivity index (χ2v) is 5.61. The Labute approximate surface area is 128 Å². The highest BCUT2D eigenvalue weighted by Gasteiger charge is 2.25. The predicted molar refractivity (Wildman–Crippen MR) is 78.6 cm³/mol. The summed E-state index contributed by atoms with van der Waals surface area (Å²) in [7, 11) is 0. The molecule has 5 heteroatoms. The summed E-state index contributed by atoms with van der Waals surface area (Å²) in [5.74, 6) is -2.90. The quantitative estimate of drug-likeness (QED) is 0.601. The topological polar surface area (TPSA) is 35.5 Å². The van der Waals surface area contributed by atoms with Crippen LogP contribution in [0.2, 0.25) is 0 Å². The Morgan fingerprint density at radius 2 is 1.86 bits per heavy atom. The third-order valence-corrected chi connectivity index (χ3v) is 3.83. The summed E-state index contributed by atoms with van der Waals surface area (Å²) in [6, 6.07) is 2.41. The summed E-state index contributed by atoms with van der Waals surface area (Å²) in [6.07, 6.45) is 6.04. The SMILES string of the molecule is C/C=C/Oc1ccc(C(=O)OC2CCC(C)CC2)c(F)c1F. The molecule has 2 rings (SSSR count). The molecule has 0 atom stereocenters. The summed E-state index contributed by atoms with van der Waals surface area (Å²) < 4.78 is 38.0. The number of benzene rings is 1. The summed E-state index contributed by atoms with van der Waals surface area (Å²) in [5, 5.41) is 0. The van der Waals surface area contributed by atoms with Crippen molar-refractivity contribution in [3.63, 3.8) is 0 Å². The highest BCUT2D eigenvalue weighted by atomic mass is 19.2. The third kappa shape index (κ3) is 3.84. The van der Waals surface area contributed by atoms with Crippen LogP contribution in [0.3, 0.4) is 0 Å². The molecule has 0 N–H and O–H groups in total. The van der Waals surface area contributed by atoms with E-state index in [1.54, 1.807) is 13.0 Å². The van der Waals surface area contributed by atoms with Gasteiger partial charge in [0.05, 0.1) is 11.8 Å². The van der Waals surface area contributed by atoms with Crippen LogP contribution in [-0.2, 0) is 4.74 Å². The highest BCUT2D eigenvalue weighted by Crippen LogP contribution is 2.28. The standard InChI is InChI=1S/C17H20F2O3/c1-3-10-21-14-9-8-13(15(18)16(14)19)17(20)22-12-6-4-11(2)5-7-12/h3,8-12H,4-7H2,1-2H3/b10-3+. The second-order valence-electron chi connectivity index (χ2n) is 5.61. The fraction of sp³-hybridized carbons (Fsp3) is 0.471. The van der Waals surface area contributed by atoms with Gasteiger partial charge in [0.2, 0.25) is 5.82 Å². The zero-order chi connectivity index (χ0) is 16.1. The molecule has 0 aromatic heterocycles. The Kier molecular flexibility index (Phi) is 5.52. The van der Waals surface area contributed by atoms with E-state index in [1.165, 1.54) is 18.4 Å². The van der Waals surface area contributed by atoms with Crippen molar-refractivity contribution in [2.75, 3.05) is 0 Å². The monoisotopic (exact) mass is 310 g/mol. The maximum Gasteiger partial charge on any atom is 0.341 e. The van der Waals surface area contributed by atoms with E-state index in [9.17, 15) is 13.6 Å². The van der Waals surface area contributed by atoms with Crippen molar-refractivity contribution >= 4 is 5.97 Å². The van der Waals surface area contributed by atoms with Crippen molar-refractivity contribution in [3.8, 4) is 5.75 Å². The van der Waals surface area contributed by atoms with Crippen molar-refractivity contribution in [2.45, 2.75) is 45.6 Å². The maximum atomic E-state index is 14.0. The van der Waals surface area contributed by atoms with Crippen molar-refractivity contribution in [1.82, 2.24) is 0 Å². The largest absolute Gasteiger partial charge is 0.462 e. The summed E-state index contributed by atoms with van der Waals surface area (Å²) in [4.78, 5) is 12.0. The molecule has 0 amide bonds. The Morgan fingerprint density at radius 3 is 2.50 bits per heavy atom. The van der Waals surface area contributed by atoms with Crippen LogP contribution < -0.4 is 4.74 Å². The predicted octanol–water partition coefficient (Wildman–Crippen LogP) is 4.61. The number of rotatable bonds is 4. The van der Waals surface area contributed by atoms with E-state index in [0.29, 0.717) is 5.92 Å². The van der Waals surface area contributed by atoms with Gasteiger partial charge in [-0.05, 0) is 50.7 Å². The summed E-state index contributed by atoms with van der Waals surface area (Å²) in [5.41, 5.74) is -0.399. The minimum atomic E-state index is -1.24. The van der Waals surface area contributed by atoms with Gasteiger partial charge in [-0.15, -0.1) is 0 Å². The average Bonchev–Trinajstić information content (AvgIpc) is 2.51. The Hall–Kier alpha value is -1.91. The molecular formula is C17H20F2O3. The lowest BCUT2D eigenvalue weighted by molar-refractivity contribution is 0.0168. The van der Waals surface area contributed by atoms with Gasteiger partial charge in [-0.3, -0.25) is 0 Å². The van der Waals surface area contributed by atoms with Crippen LogP contribution in [0.4, 0.5) is 8.78 Å². The van der Waals surface area contributed by atoms with E-state index in [2.05, 4.69) is 6.92 Å². The second kappa shape index (κ2) is 7.38. The molecule has 1 fully saturated rings. The lowest BCUT2D eigenvalue weighted by Crippen LogP contribution is -2.24. The van der Waals surface area contributed by atoms with E-state index in [0.717, 1.165) is 25.7 Å². The molecule has 0 saturated heterocycles. The van der Waals surface area contributed by atoms with Gasteiger partial charge in [0.25, 0.3) is 0 Å². The lowest BCUT2D eigenvalue weighted by atomic mass is 9.89. The van der Waals surface area contributed by atoms with Gasteiger partial charge in [-0.2, -0.15) is 4.39 Å². The minimum absolute atomic E-state index is 0.217. The molecule has 0 aliphatic heterocycles. The Bertz CT molecular complexity index is 561. The first-order valence-corrected chi connectivity index (χ1v) is 7.49.